The van der Waals surface area contributed by atoms with Crippen LogP contribution in [0.4, 0.5) is 0 Å². The van der Waals surface area contributed by atoms with Gasteiger partial charge in [0.1, 0.15) is 0 Å². The molecule has 0 aliphatic heterocycles. The summed E-state index contributed by atoms with van der Waals surface area (Å²) in [7, 11) is 1.80. The smallest absolute Gasteiger partial charge is 0.0601 e. The number of methoxy groups -OCH3 is 1. The van der Waals surface area contributed by atoms with Crippen LogP contribution in [0.5, 0.6) is 0 Å². The van der Waals surface area contributed by atoms with E-state index in [1.807, 2.05) is 0 Å². The summed E-state index contributed by atoms with van der Waals surface area (Å²) in [4.78, 5) is 0. The number of hydrogen-bond acceptors (Lipinski definition) is 2. The number of nitrogens with one attached hydrogen (secondary N) is 1. The van der Waals surface area contributed by atoms with Gasteiger partial charge < -0.3 is 10.1 Å². The van der Waals surface area contributed by atoms with Gasteiger partial charge in [0.05, 0.1) is 6.10 Å². The molecule has 1 atom stereocenters. The first-order valence-corrected chi connectivity index (χ1v) is 6.60. The molecule has 1 saturated carbocycles. The quantitative estimate of drug-likeness (QED) is 0.844. The molecule has 17 heavy (non-hydrogen) atoms. The van der Waals surface area contributed by atoms with E-state index in [9.17, 15) is 0 Å². The lowest BCUT2D eigenvalue weighted by Gasteiger charge is -2.36. The minimum Gasteiger partial charge on any atom is -0.381 e. The van der Waals surface area contributed by atoms with E-state index < -0.39 is 0 Å². The van der Waals surface area contributed by atoms with E-state index in [1.165, 1.54) is 11.1 Å². The van der Waals surface area contributed by atoms with Crippen LogP contribution in [0.1, 0.15) is 43.9 Å². The van der Waals surface area contributed by atoms with Gasteiger partial charge in [0.2, 0.25) is 0 Å². The SMILES string of the molecule is CCc1ccc(C(C)NC2CC(OC)C2)cc1. The topological polar surface area (TPSA) is 21.3 Å². The van der Waals surface area contributed by atoms with Crippen LogP contribution < -0.4 is 5.32 Å². The van der Waals surface area contributed by atoms with Crippen LogP contribution in [-0.4, -0.2) is 19.3 Å². The summed E-state index contributed by atoms with van der Waals surface area (Å²) in [6.45, 7) is 4.43. The van der Waals surface area contributed by atoms with E-state index in [1.54, 1.807) is 7.11 Å². The molecule has 1 unspecified atom stereocenters. The summed E-state index contributed by atoms with van der Waals surface area (Å²) in [5, 5.41) is 3.65. The lowest BCUT2D eigenvalue weighted by molar-refractivity contribution is 0.0147. The molecule has 0 amide bonds. The van der Waals surface area contributed by atoms with Crippen molar-refractivity contribution in [1.82, 2.24) is 5.32 Å². The molecule has 0 radical (unpaired) electrons. The van der Waals surface area contributed by atoms with Crippen molar-refractivity contribution in [3.63, 3.8) is 0 Å². The normalized spacial score (nSPS) is 25.4. The minimum atomic E-state index is 0.434. The predicted molar refractivity (Wildman–Crippen MR) is 71.2 cm³/mol. The lowest BCUT2D eigenvalue weighted by atomic mass is 9.88. The van der Waals surface area contributed by atoms with Gasteiger partial charge in [0.15, 0.2) is 0 Å². The van der Waals surface area contributed by atoms with Gasteiger partial charge in [-0.15, -0.1) is 0 Å². The number of ether oxygens (including phenoxy) is 1. The van der Waals surface area contributed by atoms with E-state index in [4.69, 9.17) is 4.74 Å². The Morgan fingerprint density at radius 1 is 1.29 bits per heavy atom. The number of rotatable bonds is 5. The van der Waals surface area contributed by atoms with Crippen molar-refractivity contribution < 1.29 is 4.74 Å². The molecule has 0 heterocycles. The molecule has 0 bridgehead atoms. The summed E-state index contributed by atoms with van der Waals surface area (Å²) in [6, 6.07) is 9.99. The number of aryl methyl sites for hydroxylation is 1. The summed E-state index contributed by atoms with van der Waals surface area (Å²) in [5.74, 6) is 0. The average molecular weight is 233 g/mol. The maximum atomic E-state index is 5.29. The first-order valence-electron chi connectivity index (χ1n) is 6.60. The van der Waals surface area contributed by atoms with Crippen LogP contribution in [0.3, 0.4) is 0 Å². The molecule has 2 heteroatoms. The third-order valence-corrected chi connectivity index (χ3v) is 3.80. The molecule has 1 aliphatic carbocycles. The van der Waals surface area contributed by atoms with Gasteiger partial charge in [-0.3, -0.25) is 0 Å². The largest absolute Gasteiger partial charge is 0.381 e. The summed E-state index contributed by atoms with van der Waals surface area (Å²) < 4.78 is 5.29. The molecule has 94 valence electrons. The summed E-state index contributed by atoms with van der Waals surface area (Å²) in [6.07, 6.45) is 3.88. The predicted octanol–water partition coefficient (Wildman–Crippen LogP) is 3.08. The second-order valence-electron chi connectivity index (χ2n) is 5.01. The minimum absolute atomic E-state index is 0.434. The van der Waals surface area contributed by atoms with Crippen LogP contribution >= 0.6 is 0 Å². The highest BCUT2D eigenvalue weighted by molar-refractivity contribution is 5.24. The highest BCUT2D eigenvalue weighted by atomic mass is 16.5. The van der Waals surface area contributed by atoms with Gasteiger partial charge in [-0.1, -0.05) is 31.2 Å². The molecule has 1 N–H and O–H groups in total. The van der Waals surface area contributed by atoms with Crippen LogP contribution in [-0.2, 0) is 11.2 Å². The van der Waals surface area contributed by atoms with E-state index in [2.05, 4.69) is 43.4 Å². The molecule has 1 aromatic carbocycles. The Morgan fingerprint density at radius 2 is 1.94 bits per heavy atom. The van der Waals surface area contributed by atoms with Crippen LogP contribution in [0, 0.1) is 0 Å². The van der Waals surface area contributed by atoms with Gasteiger partial charge in [-0.2, -0.15) is 0 Å². The van der Waals surface area contributed by atoms with Crippen molar-refractivity contribution in [2.24, 2.45) is 0 Å². The van der Waals surface area contributed by atoms with Gasteiger partial charge >= 0.3 is 0 Å². The monoisotopic (exact) mass is 233 g/mol. The second-order valence-corrected chi connectivity index (χ2v) is 5.01. The summed E-state index contributed by atoms with van der Waals surface area (Å²) in [5.41, 5.74) is 2.78. The van der Waals surface area contributed by atoms with Crippen molar-refractivity contribution in [3.8, 4) is 0 Å². The highest BCUT2D eigenvalue weighted by Gasteiger charge is 2.29. The van der Waals surface area contributed by atoms with E-state index in [-0.39, 0.29) is 0 Å². The third-order valence-electron chi connectivity index (χ3n) is 3.80. The summed E-state index contributed by atoms with van der Waals surface area (Å²) >= 11 is 0. The first kappa shape index (κ1) is 12.6. The molecule has 1 aromatic rings. The van der Waals surface area contributed by atoms with Crippen molar-refractivity contribution >= 4 is 0 Å². The van der Waals surface area contributed by atoms with Crippen LogP contribution in [0.15, 0.2) is 24.3 Å². The molecule has 2 rings (SSSR count). The number of benzene rings is 1. The Balaban J connectivity index is 1.84. The third kappa shape index (κ3) is 3.08. The fourth-order valence-electron chi connectivity index (χ4n) is 2.39. The van der Waals surface area contributed by atoms with Gasteiger partial charge in [0, 0.05) is 19.2 Å². The van der Waals surface area contributed by atoms with E-state index >= 15 is 0 Å². The molecule has 0 aromatic heterocycles. The van der Waals surface area contributed by atoms with Crippen molar-refractivity contribution in [1.29, 1.82) is 0 Å². The first-order chi connectivity index (χ1) is 8.22. The Bertz CT molecular complexity index is 340. The maximum Gasteiger partial charge on any atom is 0.0601 e. The fraction of sp³-hybridized carbons (Fsp3) is 0.600. The van der Waals surface area contributed by atoms with E-state index in [0.29, 0.717) is 18.2 Å². The van der Waals surface area contributed by atoms with Gasteiger partial charge in [-0.25, -0.2) is 0 Å². The van der Waals surface area contributed by atoms with Gasteiger partial charge in [-0.05, 0) is 37.3 Å². The molecule has 1 fully saturated rings. The van der Waals surface area contributed by atoms with Crippen LogP contribution in [0.2, 0.25) is 0 Å². The zero-order valence-electron chi connectivity index (χ0n) is 11.1. The molecule has 0 saturated heterocycles. The molecular weight excluding hydrogens is 210 g/mol. The zero-order valence-corrected chi connectivity index (χ0v) is 11.1. The Hall–Kier alpha value is -0.860. The highest BCUT2D eigenvalue weighted by Crippen LogP contribution is 2.25. The lowest BCUT2D eigenvalue weighted by Crippen LogP contribution is -2.45. The van der Waals surface area contributed by atoms with Crippen LogP contribution in [0.25, 0.3) is 0 Å². The number of hydrogen-bond donors (Lipinski definition) is 1. The molecule has 2 nitrogen and oxygen atoms in total. The standard InChI is InChI=1S/C15H23NO/c1-4-12-5-7-13(8-6-12)11(2)16-14-9-15(10-14)17-3/h5-8,11,14-16H,4,9-10H2,1-3H3. The fourth-order valence-corrected chi connectivity index (χ4v) is 2.39. The second kappa shape index (κ2) is 5.65. The average Bonchev–Trinajstić information content (AvgIpc) is 2.33. The van der Waals surface area contributed by atoms with E-state index in [0.717, 1.165) is 19.3 Å². The Kier molecular flexibility index (Phi) is 4.19. The Morgan fingerprint density at radius 3 is 2.47 bits per heavy atom. The molecule has 0 spiro atoms. The van der Waals surface area contributed by atoms with Crippen molar-refractivity contribution in [2.45, 2.75) is 51.3 Å². The molecular formula is C15H23NO. The zero-order chi connectivity index (χ0) is 12.3. The maximum absolute atomic E-state index is 5.29. The van der Waals surface area contributed by atoms with Gasteiger partial charge in [0.25, 0.3) is 0 Å². The molecule has 1 aliphatic rings. The van der Waals surface area contributed by atoms with Crippen molar-refractivity contribution in [3.05, 3.63) is 35.4 Å². The van der Waals surface area contributed by atoms with Crippen molar-refractivity contribution in [2.75, 3.05) is 7.11 Å². The Labute approximate surface area is 104 Å².